The van der Waals surface area contributed by atoms with Crippen LogP contribution in [-0.4, -0.2) is 50.5 Å². The summed E-state index contributed by atoms with van der Waals surface area (Å²) in [4.78, 5) is 26.5. The minimum atomic E-state index is -3.96. The number of carbonyl (C=O) groups is 2. The molecule has 10 nitrogen and oxygen atoms in total. The van der Waals surface area contributed by atoms with E-state index in [1.165, 1.54) is 12.1 Å². The molecular formula is C15H23N5O5S. The number of nitrogens with two attached hydrogens (primary N) is 2. The Bertz CT molecular complexity index is 757. The Morgan fingerprint density at radius 2 is 1.85 bits per heavy atom. The van der Waals surface area contributed by atoms with Gasteiger partial charge in [0.15, 0.2) is 5.96 Å². The van der Waals surface area contributed by atoms with Gasteiger partial charge in [0, 0.05) is 6.54 Å². The second-order valence-corrected chi connectivity index (χ2v) is 7.26. The maximum atomic E-state index is 12.5. The molecule has 0 heterocycles. The van der Waals surface area contributed by atoms with Gasteiger partial charge in [-0.25, -0.2) is 8.42 Å². The van der Waals surface area contributed by atoms with E-state index in [4.69, 9.17) is 16.6 Å². The summed E-state index contributed by atoms with van der Waals surface area (Å²) in [7, 11) is -3.96. The molecule has 1 aromatic rings. The van der Waals surface area contributed by atoms with Crippen molar-refractivity contribution in [3.05, 3.63) is 29.8 Å². The average molecular weight is 385 g/mol. The van der Waals surface area contributed by atoms with Crippen molar-refractivity contribution in [1.29, 1.82) is 0 Å². The van der Waals surface area contributed by atoms with Crippen LogP contribution in [0.15, 0.2) is 34.2 Å². The maximum absolute atomic E-state index is 12.5. The highest BCUT2D eigenvalue weighted by Gasteiger charge is 2.25. The number of rotatable bonds is 10. The number of sulfonamides is 1. The third kappa shape index (κ3) is 7.49. The quantitative estimate of drug-likeness (QED) is 0.193. The second kappa shape index (κ2) is 9.73. The van der Waals surface area contributed by atoms with Crippen molar-refractivity contribution in [3.63, 3.8) is 0 Å². The molecule has 0 saturated carbocycles. The van der Waals surface area contributed by atoms with Crippen molar-refractivity contribution < 1.29 is 23.1 Å². The Morgan fingerprint density at radius 3 is 2.38 bits per heavy atom. The zero-order chi connectivity index (χ0) is 19.7. The fraction of sp³-hybridized carbons (Fsp3) is 0.400. The lowest BCUT2D eigenvalue weighted by atomic mass is 10.1. The fourth-order valence-corrected chi connectivity index (χ4v) is 3.24. The molecule has 0 aliphatic rings. The molecule has 0 spiro atoms. The lowest BCUT2D eigenvalue weighted by Gasteiger charge is -2.18. The first kappa shape index (κ1) is 21.4. The number of aliphatic imine (C=N–C) groups is 1. The van der Waals surface area contributed by atoms with Gasteiger partial charge in [-0.1, -0.05) is 17.7 Å². The number of hydrogen-bond donors (Lipinski definition) is 5. The molecule has 11 heteroatoms. The Kier molecular flexibility index (Phi) is 8.00. The van der Waals surface area contributed by atoms with Crippen molar-refractivity contribution in [3.8, 4) is 0 Å². The predicted molar refractivity (Wildman–Crippen MR) is 95.8 cm³/mol. The molecule has 1 amide bonds. The number of carboxylic acid groups (broad SMARTS) is 1. The van der Waals surface area contributed by atoms with Gasteiger partial charge in [0.25, 0.3) is 0 Å². The molecule has 0 aliphatic heterocycles. The maximum Gasteiger partial charge on any atom is 0.322 e. The molecule has 1 rings (SSSR count). The highest BCUT2D eigenvalue weighted by atomic mass is 32.2. The molecule has 26 heavy (non-hydrogen) atoms. The number of benzene rings is 1. The number of carboxylic acids is 1. The molecule has 0 fully saturated rings. The zero-order valence-corrected chi connectivity index (χ0v) is 15.1. The topological polar surface area (TPSA) is 177 Å². The van der Waals surface area contributed by atoms with Gasteiger partial charge in [0.05, 0.1) is 4.90 Å². The summed E-state index contributed by atoms with van der Waals surface area (Å²) in [5.74, 6) is -2.09. The van der Waals surface area contributed by atoms with Crippen molar-refractivity contribution in [2.75, 3.05) is 13.1 Å². The molecule has 1 unspecified atom stereocenters. The van der Waals surface area contributed by atoms with Gasteiger partial charge >= 0.3 is 5.97 Å². The van der Waals surface area contributed by atoms with Crippen molar-refractivity contribution in [1.82, 2.24) is 10.0 Å². The SMILES string of the molecule is Cc1ccc(S(=O)(=O)NC(CCCN=C(N)N)C(=O)NCC(=O)O)cc1. The summed E-state index contributed by atoms with van der Waals surface area (Å²) in [6.45, 7) is 1.41. The van der Waals surface area contributed by atoms with Crippen molar-refractivity contribution in [2.24, 2.45) is 16.5 Å². The van der Waals surface area contributed by atoms with Gasteiger partial charge in [-0.05, 0) is 31.9 Å². The number of aryl methyl sites for hydroxylation is 1. The van der Waals surface area contributed by atoms with E-state index < -0.39 is 34.5 Å². The summed E-state index contributed by atoms with van der Waals surface area (Å²) in [6, 6.07) is 4.95. The molecule has 0 aliphatic carbocycles. The fourth-order valence-electron chi connectivity index (χ4n) is 2.01. The van der Waals surface area contributed by atoms with E-state index in [-0.39, 0.29) is 23.8 Å². The van der Waals surface area contributed by atoms with E-state index in [9.17, 15) is 18.0 Å². The molecule has 1 atom stereocenters. The molecule has 144 valence electrons. The molecule has 7 N–H and O–H groups in total. The smallest absolute Gasteiger partial charge is 0.322 e. The van der Waals surface area contributed by atoms with Crippen LogP contribution in [0.4, 0.5) is 0 Å². The molecule has 0 aromatic heterocycles. The minimum absolute atomic E-state index is 0.00311. The Morgan fingerprint density at radius 1 is 1.23 bits per heavy atom. The monoisotopic (exact) mass is 385 g/mol. The number of nitrogens with one attached hydrogen (secondary N) is 2. The van der Waals surface area contributed by atoms with Crippen LogP contribution in [0.3, 0.4) is 0 Å². The minimum Gasteiger partial charge on any atom is -0.480 e. The number of guanidine groups is 1. The normalized spacial score (nSPS) is 12.2. The molecule has 0 saturated heterocycles. The van der Waals surface area contributed by atoms with E-state index in [0.717, 1.165) is 5.56 Å². The summed E-state index contributed by atoms with van der Waals surface area (Å²) in [5, 5.41) is 10.8. The van der Waals surface area contributed by atoms with Gasteiger partial charge in [0.2, 0.25) is 15.9 Å². The average Bonchev–Trinajstić information content (AvgIpc) is 2.55. The van der Waals surface area contributed by atoms with Crippen LogP contribution >= 0.6 is 0 Å². The standard InChI is InChI=1S/C15H23N5O5S/c1-10-4-6-11(7-5-10)26(24,25)20-12(3-2-8-18-15(16)17)14(23)19-9-13(21)22/h4-7,12,20H,2-3,8-9H2,1H3,(H,19,23)(H,21,22)(H4,16,17,18). The van der Waals surface area contributed by atoms with Crippen molar-refractivity contribution in [2.45, 2.75) is 30.7 Å². The Labute approximate surface area is 151 Å². The summed E-state index contributed by atoms with van der Waals surface area (Å²) >= 11 is 0. The van der Waals surface area contributed by atoms with Gasteiger partial charge in [-0.2, -0.15) is 4.72 Å². The largest absolute Gasteiger partial charge is 0.480 e. The van der Waals surface area contributed by atoms with E-state index in [1.54, 1.807) is 12.1 Å². The highest BCUT2D eigenvalue weighted by molar-refractivity contribution is 7.89. The third-order valence-electron chi connectivity index (χ3n) is 3.30. The van der Waals surface area contributed by atoms with Crippen LogP contribution in [0.2, 0.25) is 0 Å². The van der Waals surface area contributed by atoms with Gasteiger partial charge in [0.1, 0.15) is 12.6 Å². The number of amides is 1. The van der Waals surface area contributed by atoms with Crippen LogP contribution in [0.5, 0.6) is 0 Å². The molecule has 1 aromatic carbocycles. The Balaban J connectivity index is 2.88. The first-order valence-electron chi connectivity index (χ1n) is 7.75. The summed E-state index contributed by atoms with van der Waals surface area (Å²) in [6.07, 6.45) is 0.410. The van der Waals surface area contributed by atoms with E-state index in [2.05, 4.69) is 15.0 Å². The third-order valence-corrected chi connectivity index (χ3v) is 4.79. The lowest BCUT2D eigenvalue weighted by Crippen LogP contribution is -2.47. The summed E-state index contributed by atoms with van der Waals surface area (Å²) < 4.78 is 27.2. The van der Waals surface area contributed by atoms with Crippen molar-refractivity contribution >= 4 is 27.9 Å². The zero-order valence-electron chi connectivity index (χ0n) is 14.3. The van der Waals surface area contributed by atoms with E-state index in [0.29, 0.717) is 6.42 Å². The number of aliphatic carboxylic acids is 1. The first-order valence-corrected chi connectivity index (χ1v) is 9.24. The van der Waals surface area contributed by atoms with Crippen LogP contribution in [-0.2, 0) is 19.6 Å². The summed E-state index contributed by atoms with van der Waals surface area (Å²) in [5.41, 5.74) is 11.3. The highest BCUT2D eigenvalue weighted by Crippen LogP contribution is 2.12. The molecular weight excluding hydrogens is 362 g/mol. The van der Waals surface area contributed by atoms with Crippen LogP contribution in [0, 0.1) is 6.92 Å². The first-order chi connectivity index (χ1) is 12.1. The van der Waals surface area contributed by atoms with Crippen LogP contribution in [0.1, 0.15) is 18.4 Å². The van der Waals surface area contributed by atoms with E-state index >= 15 is 0 Å². The van der Waals surface area contributed by atoms with Crippen LogP contribution < -0.4 is 21.5 Å². The molecule has 0 bridgehead atoms. The number of carbonyl (C=O) groups excluding carboxylic acids is 1. The van der Waals surface area contributed by atoms with Gasteiger partial charge in [-0.3, -0.25) is 14.6 Å². The van der Waals surface area contributed by atoms with E-state index in [1.807, 2.05) is 6.92 Å². The van der Waals surface area contributed by atoms with Gasteiger partial charge in [-0.15, -0.1) is 0 Å². The van der Waals surface area contributed by atoms with Gasteiger partial charge < -0.3 is 21.9 Å². The number of nitrogens with zero attached hydrogens (tertiary/aromatic N) is 1. The second-order valence-electron chi connectivity index (χ2n) is 5.55. The Hall–Kier alpha value is -2.66. The van der Waals surface area contributed by atoms with Crippen LogP contribution in [0.25, 0.3) is 0 Å². The number of hydrogen-bond acceptors (Lipinski definition) is 5. The predicted octanol–water partition coefficient (Wildman–Crippen LogP) is -1.10. The molecule has 0 radical (unpaired) electrons. The lowest BCUT2D eigenvalue weighted by molar-refractivity contribution is -0.138.